The van der Waals surface area contributed by atoms with Crippen molar-refractivity contribution in [2.75, 3.05) is 13.6 Å². The normalized spacial score (nSPS) is 16.4. The Morgan fingerprint density at radius 3 is 3.00 bits per heavy atom. The molecule has 0 aromatic carbocycles. The van der Waals surface area contributed by atoms with Gasteiger partial charge in [-0.2, -0.15) is 0 Å². The van der Waals surface area contributed by atoms with Crippen LogP contribution in [0.25, 0.3) is 0 Å². The topological polar surface area (TPSA) is 71.2 Å². The third-order valence-electron chi connectivity index (χ3n) is 3.66. The van der Waals surface area contributed by atoms with Gasteiger partial charge in [-0.05, 0) is 38.9 Å². The second-order valence-corrected chi connectivity index (χ2v) is 5.20. The summed E-state index contributed by atoms with van der Waals surface area (Å²) in [7, 11) is 2.12. The number of carbonyl (C=O) groups is 1. The molecule has 1 fully saturated rings. The van der Waals surface area contributed by atoms with E-state index >= 15 is 0 Å². The van der Waals surface area contributed by atoms with E-state index in [-0.39, 0.29) is 5.91 Å². The first kappa shape index (κ1) is 14.0. The van der Waals surface area contributed by atoms with Crippen LogP contribution in [0, 0.1) is 0 Å². The number of aromatic nitrogens is 1. The van der Waals surface area contributed by atoms with Crippen LogP contribution in [-0.2, 0) is 6.54 Å². The SMILES string of the molecule is CC(CNC(=O)c1ccnc(CN)c1)N(C)C1CC1. The molecule has 0 aliphatic heterocycles. The zero-order valence-corrected chi connectivity index (χ0v) is 11.6. The molecule has 0 spiro atoms. The summed E-state index contributed by atoms with van der Waals surface area (Å²) in [6.07, 6.45) is 4.18. The number of pyridine rings is 1. The summed E-state index contributed by atoms with van der Waals surface area (Å²) < 4.78 is 0. The molecule has 1 unspecified atom stereocenters. The van der Waals surface area contributed by atoms with Crippen LogP contribution in [0.4, 0.5) is 0 Å². The van der Waals surface area contributed by atoms with Crippen LogP contribution in [0.3, 0.4) is 0 Å². The molecule has 1 aliphatic rings. The molecule has 5 heteroatoms. The highest BCUT2D eigenvalue weighted by Gasteiger charge is 2.29. The van der Waals surface area contributed by atoms with Crippen LogP contribution in [0.5, 0.6) is 0 Å². The first-order chi connectivity index (χ1) is 9.11. The number of nitrogens with one attached hydrogen (secondary N) is 1. The highest BCUT2D eigenvalue weighted by atomic mass is 16.1. The number of amides is 1. The second-order valence-electron chi connectivity index (χ2n) is 5.20. The Balaban J connectivity index is 1.86. The molecule has 19 heavy (non-hydrogen) atoms. The zero-order chi connectivity index (χ0) is 13.8. The molecule has 1 amide bonds. The predicted octanol–water partition coefficient (Wildman–Crippen LogP) is 0.753. The van der Waals surface area contributed by atoms with Gasteiger partial charge in [0, 0.05) is 36.9 Å². The predicted molar refractivity (Wildman–Crippen MR) is 74.7 cm³/mol. The van der Waals surface area contributed by atoms with Crippen LogP contribution >= 0.6 is 0 Å². The van der Waals surface area contributed by atoms with Gasteiger partial charge in [0.1, 0.15) is 0 Å². The summed E-state index contributed by atoms with van der Waals surface area (Å²) in [4.78, 5) is 18.4. The lowest BCUT2D eigenvalue weighted by atomic mass is 10.2. The van der Waals surface area contributed by atoms with Gasteiger partial charge in [0.2, 0.25) is 0 Å². The van der Waals surface area contributed by atoms with Crippen molar-refractivity contribution >= 4 is 5.91 Å². The van der Waals surface area contributed by atoms with Gasteiger partial charge in [-0.1, -0.05) is 0 Å². The summed E-state index contributed by atoms with van der Waals surface area (Å²) in [6, 6.07) is 4.51. The molecule has 1 saturated carbocycles. The minimum atomic E-state index is -0.0619. The van der Waals surface area contributed by atoms with Gasteiger partial charge >= 0.3 is 0 Å². The molecule has 104 valence electrons. The second kappa shape index (κ2) is 6.12. The first-order valence-electron chi connectivity index (χ1n) is 6.77. The van der Waals surface area contributed by atoms with Gasteiger partial charge < -0.3 is 11.1 Å². The van der Waals surface area contributed by atoms with Crippen LogP contribution in [0.2, 0.25) is 0 Å². The van der Waals surface area contributed by atoms with E-state index in [0.29, 0.717) is 30.7 Å². The van der Waals surface area contributed by atoms with Crippen LogP contribution in [0.15, 0.2) is 18.3 Å². The molecule has 1 atom stereocenters. The number of nitrogens with zero attached hydrogens (tertiary/aromatic N) is 2. The standard InChI is InChI=1S/C14H22N4O/c1-10(18(2)13-3-4-13)9-17-14(19)11-5-6-16-12(7-11)8-15/h5-7,10,13H,3-4,8-9,15H2,1-2H3,(H,17,19). The summed E-state index contributed by atoms with van der Waals surface area (Å²) in [5.41, 5.74) is 6.87. The van der Waals surface area contributed by atoms with Crippen LogP contribution < -0.4 is 11.1 Å². The van der Waals surface area contributed by atoms with Gasteiger partial charge in [0.25, 0.3) is 5.91 Å². The fraction of sp³-hybridized carbons (Fsp3) is 0.571. The van der Waals surface area contributed by atoms with Crippen LogP contribution in [-0.4, -0.2) is 41.5 Å². The number of rotatable bonds is 6. The smallest absolute Gasteiger partial charge is 0.251 e. The maximum absolute atomic E-state index is 12.0. The zero-order valence-electron chi connectivity index (χ0n) is 11.6. The Morgan fingerprint density at radius 2 is 2.37 bits per heavy atom. The molecule has 1 heterocycles. The van der Waals surface area contributed by atoms with E-state index < -0.39 is 0 Å². The van der Waals surface area contributed by atoms with Crippen molar-refractivity contribution in [3.63, 3.8) is 0 Å². The number of carbonyl (C=O) groups excluding carboxylic acids is 1. The third kappa shape index (κ3) is 3.75. The Labute approximate surface area is 114 Å². The van der Waals surface area contributed by atoms with Crippen molar-refractivity contribution in [3.05, 3.63) is 29.6 Å². The quantitative estimate of drug-likeness (QED) is 0.793. The molecular formula is C14H22N4O. The Morgan fingerprint density at radius 1 is 1.63 bits per heavy atom. The molecule has 1 aliphatic carbocycles. The summed E-state index contributed by atoms with van der Waals surface area (Å²) in [5, 5.41) is 2.96. The third-order valence-corrected chi connectivity index (χ3v) is 3.66. The minimum Gasteiger partial charge on any atom is -0.350 e. The van der Waals surface area contributed by atoms with E-state index in [4.69, 9.17) is 5.73 Å². The molecular weight excluding hydrogens is 240 g/mol. The molecule has 1 aromatic heterocycles. The number of hydrogen-bond donors (Lipinski definition) is 2. The monoisotopic (exact) mass is 262 g/mol. The van der Waals surface area contributed by atoms with Crippen molar-refractivity contribution in [2.45, 2.75) is 38.4 Å². The average Bonchev–Trinajstić information content (AvgIpc) is 3.28. The van der Waals surface area contributed by atoms with E-state index in [9.17, 15) is 4.79 Å². The number of likely N-dealkylation sites (N-methyl/N-ethyl adjacent to an activating group) is 1. The van der Waals surface area contributed by atoms with E-state index in [1.54, 1.807) is 18.3 Å². The van der Waals surface area contributed by atoms with Gasteiger partial charge in [0.05, 0.1) is 5.69 Å². The first-order valence-corrected chi connectivity index (χ1v) is 6.77. The Hall–Kier alpha value is -1.46. The molecule has 0 radical (unpaired) electrons. The van der Waals surface area contributed by atoms with E-state index in [0.717, 1.165) is 5.69 Å². The minimum absolute atomic E-state index is 0.0619. The largest absolute Gasteiger partial charge is 0.350 e. The van der Waals surface area contributed by atoms with E-state index in [1.165, 1.54) is 12.8 Å². The molecule has 0 saturated heterocycles. The highest BCUT2D eigenvalue weighted by Crippen LogP contribution is 2.26. The van der Waals surface area contributed by atoms with Gasteiger partial charge in [-0.25, -0.2) is 0 Å². The molecule has 1 aromatic rings. The summed E-state index contributed by atoms with van der Waals surface area (Å²) >= 11 is 0. The fourth-order valence-electron chi connectivity index (χ4n) is 2.06. The maximum Gasteiger partial charge on any atom is 0.251 e. The molecule has 3 N–H and O–H groups in total. The van der Waals surface area contributed by atoms with Crippen LogP contribution in [0.1, 0.15) is 35.8 Å². The fourth-order valence-corrected chi connectivity index (χ4v) is 2.06. The lowest BCUT2D eigenvalue weighted by Gasteiger charge is -2.24. The van der Waals surface area contributed by atoms with Crippen molar-refractivity contribution < 1.29 is 4.79 Å². The van der Waals surface area contributed by atoms with Crippen molar-refractivity contribution in [3.8, 4) is 0 Å². The summed E-state index contributed by atoms with van der Waals surface area (Å²) in [5.74, 6) is -0.0619. The lowest BCUT2D eigenvalue weighted by molar-refractivity contribution is 0.0939. The van der Waals surface area contributed by atoms with E-state index in [1.807, 2.05) is 0 Å². The molecule has 2 rings (SSSR count). The van der Waals surface area contributed by atoms with Crippen molar-refractivity contribution in [1.29, 1.82) is 0 Å². The van der Waals surface area contributed by atoms with Gasteiger partial charge in [-0.15, -0.1) is 0 Å². The Kier molecular flexibility index (Phi) is 4.50. The van der Waals surface area contributed by atoms with Gasteiger partial charge in [0.15, 0.2) is 0 Å². The summed E-state index contributed by atoms with van der Waals surface area (Å²) in [6.45, 7) is 3.14. The lowest BCUT2D eigenvalue weighted by Crippen LogP contribution is -2.41. The maximum atomic E-state index is 12.0. The number of nitrogens with two attached hydrogens (primary N) is 1. The highest BCUT2D eigenvalue weighted by molar-refractivity contribution is 5.94. The average molecular weight is 262 g/mol. The molecule has 5 nitrogen and oxygen atoms in total. The van der Waals surface area contributed by atoms with Crippen molar-refractivity contribution in [2.24, 2.45) is 5.73 Å². The Bertz CT molecular complexity index is 445. The molecule has 0 bridgehead atoms. The van der Waals surface area contributed by atoms with E-state index in [2.05, 4.69) is 29.2 Å². The number of hydrogen-bond acceptors (Lipinski definition) is 4. The van der Waals surface area contributed by atoms with Gasteiger partial charge in [-0.3, -0.25) is 14.7 Å². The van der Waals surface area contributed by atoms with Crippen molar-refractivity contribution in [1.82, 2.24) is 15.2 Å².